The van der Waals surface area contributed by atoms with E-state index >= 15 is 0 Å². The SMILES string of the molecule is COc1ccc(CCN2C(=O)C(C#N)=C(C)/C(=C/c3cn(-c4ccccc4)nc3-c3cc(C)c4c(c3)CC(C)O4)C2=O)cc1OC. The minimum Gasteiger partial charge on any atom is -0.493 e. The lowest BCUT2D eigenvalue weighted by Crippen LogP contribution is -2.43. The number of para-hydroxylation sites is 1. The third-order valence-corrected chi connectivity index (χ3v) is 8.41. The van der Waals surface area contributed by atoms with Gasteiger partial charge in [-0.15, -0.1) is 0 Å². The lowest BCUT2D eigenvalue weighted by molar-refractivity contribution is -0.140. The van der Waals surface area contributed by atoms with Crippen molar-refractivity contribution in [2.45, 2.75) is 39.7 Å². The minimum atomic E-state index is -0.605. The van der Waals surface area contributed by atoms with Crippen LogP contribution in [-0.4, -0.2) is 53.4 Å². The van der Waals surface area contributed by atoms with E-state index < -0.39 is 11.8 Å². The first-order valence-electron chi connectivity index (χ1n) is 15.1. The third-order valence-electron chi connectivity index (χ3n) is 8.41. The fourth-order valence-electron chi connectivity index (χ4n) is 6.05. The molecule has 3 heterocycles. The quantitative estimate of drug-likeness (QED) is 0.176. The zero-order valence-corrected chi connectivity index (χ0v) is 26.5. The summed E-state index contributed by atoms with van der Waals surface area (Å²) in [4.78, 5) is 28.6. The largest absolute Gasteiger partial charge is 0.493 e. The monoisotopic (exact) mass is 614 g/mol. The normalized spacial score (nSPS) is 16.8. The second kappa shape index (κ2) is 12.4. The summed E-state index contributed by atoms with van der Waals surface area (Å²) < 4.78 is 18.6. The second-order valence-electron chi connectivity index (χ2n) is 11.5. The Kier molecular flexibility index (Phi) is 8.20. The average molecular weight is 615 g/mol. The van der Waals surface area contributed by atoms with E-state index in [0.29, 0.717) is 34.8 Å². The van der Waals surface area contributed by atoms with Gasteiger partial charge in [-0.3, -0.25) is 14.5 Å². The van der Waals surface area contributed by atoms with Gasteiger partial charge < -0.3 is 14.2 Å². The summed E-state index contributed by atoms with van der Waals surface area (Å²) in [6, 6.07) is 21.4. The topological polar surface area (TPSA) is 107 Å². The number of carbonyl (C=O) groups is 2. The van der Waals surface area contributed by atoms with Gasteiger partial charge in [-0.05, 0) is 91.9 Å². The second-order valence-corrected chi connectivity index (χ2v) is 11.5. The number of methoxy groups -OCH3 is 2. The molecule has 0 aliphatic carbocycles. The van der Waals surface area contributed by atoms with Gasteiger partial charge in [0.1, 0.15) is 23.5 Å². The molecule has 6 rings (SSSR count). The Hall–Kier alpha value is -5.62. The molecule has 1 atom stereocenters. The van der Waals surface area contributed by atoms with Crippen LogP contribution in [0.15, 0.2) is 83.6 Å². The molecule has 2 amide bonds. The van der Waals surface area contributed by atoms with Gasteiger partial charge in [0, 0.05) is 35.9 Å². The molecule has 0 saturated carbocycles. The van der Waals surface area contributed by atoms with Crippen molar-refractivity contribution in [1.82, 2.24) is 14.7 Å². The third kappa shape index (κ3) is 5.54. The van der Waals surface area contributed by atoms with Crippen molar-refractivity contribution in [2.24, 2.45) is 0 Å². The number of benzene rings is 3. The Labute approximate surface area is 267 Å². The molecule has 232 valence electrons. The Morgan fingerprint density at radius 1 is 1.02 bits per heavy atom. The van der Waals surface area contributed by atoms with E-state index in [9.17, 15) is 14.9 Å². The van der Waals surface area contributed by atoms with Gasteiger partial charge in [-0.25, -0.2) is 4.68 Å². The van der Waals surface area contributed by atoms with E-state index in [0.717, 1.165) is 45.0 Å². The number of aromatic nitrogens is 2. The van der Waals surface area contributed by atoms with Crippen molar-refractivity contribution in [2.75, 3.05) is 20.8 Å². The van der Waals surface area contributed by atoms with Crippen molar-refractivity contribution < 1.29 is 23.8 Å². The molecule has 2 aliphatic rings. The smallest absolute Gasteiger partial charge is 0.271 e. The van der Waals surface area contributed by atoms with E-state index in [-0.39, 0.29) is 23.8 Å². The number of carbonyl (C=O) groups excluding carboxylic acids is 2. The van der Waals surface area contributed by atoms with Crippen LogP contribution in [0.3, 0.4) is 0 Å². The van der Waals surface area contributed by atoms with E-state index in [2.05, 4.69) is 6.07 Å². The summed E-state index contributed by atoms with van der Waals surface area (Å²) in [5, 5.41) is 15.0. The molecule has 9 heteroatoms. The number of nitriles is 1. The van der Waals surface area contributed by atoms with Crippen LogP contribution >= 0.6 is 0 Å². The number of imide groups is 1. The van der Waals surface area contributed by atoms with Crippen LogP contribution in [0.25, 0.3) is 23.0 Å². The van der Waals surface area contributed by atoms with Gasteiger partial charge in [0.15, 0.2) is 11.5 Å². The molecule has 0 fully saturated rings. The molecule has 1 aromatic heterocycles. The highest BCUT2D eigenvalue weighted by molar-refractivity contribution is 6.19. The molecule has 46 heavy (non-hydrogen) atoms. The summed E-state index contributed by atoms with van der Waals surface area (Å²) in [6.45, 7) is 5.80. The van der Waals surface area contributed by atoms with E-state index in [4.69, 9.17) is 19.3 Å². The van der Waals surface area contributed by atoms with Crippen molar-refractivity contribution >= 4 is 17.9 Å². The Bertz CT molecular complexity index is 1970. The lowest BCUT2D eigenvalue weighted by atomic mass is 9.92. The molecular formula is C37H34N4O5. The van der Waals surface area contributed by atoms with Gasteiger partial charge in [0.25, 0.3) is 11.8 Å². The van der Waals surface area contributed by atoms with E-state index in [1.807, 2.05) is 74.6 Å². The molecule has 0 saturated heterocycles. The first-order valence-corrected chi connectivity index (χ1v) is 15.1. The first kappa shape index (κ1) is 30.4. The minimum absolute atomic E-state index is 0.0605. The van der Waals surface area contributed by atoms with Crippen molar-refractivity contribution in [1.29, 1.82) is 5.26 Å². The van der Waals surface area contributed by atoms with Crippen molar-refractivity contribution in [3.05, 3.63) is 106 Å². The number of ether oxygens (including phenoxy) is 3. The maximum Gasteiger partial charge on any atom is 0.271 e. The molecule has 0 N–H and O–H groups in total. The predicted molar refractivity (Wildman–Crippen MR) is 174 cm³/mol. The van der Waals surface area contributed by atoms with Crippen LogP contribution in [0.4, 0.5) is 0 Å². The standard InChI is InChI=1S/C37H34N4O5/c1-22-15-26(18-27-16-23(2)46-35(22)27)34-28(21-41(39-34)29-9-7-6-8-10-29)19-30-24(3)31(20-38)37(43)40(36(30)42)14-13-25-11-12-32(44-4)33(17-25)45-5/h6-12,15,17-19,21,23H,13-14,16H2,1-5H3/b30-19-. The molecule has 0 spiro atoms. The first-order chi connectivity index (χ1) is 22.2. The van der Waals surface area contributed by atoms with Crippen LogP contribution in [0.2, 0.25) is 0 Å². The maximum absolute atomic E-state index is 14.0. The summed E-state index contributed by atoms with van der Waals surface area (Å²) in [6.07, 6.45) is 4.87. The van der Waals surface area contributed by atoms with Gasteiger partial charge in [0.05, 0.1) is 25.6 Å². The summed E-state index contributed by atoms with van der Waals surface area (Å²) >= 11 is 0. The Morgan fingerprint density at radius 3 is 2.50 bits per heavy atom. The van der Waals surface area contributed by atoms with Crippen LogP contribution in [0, 0.1) is 18.3 Å². The molecule has 0 bridgehead atoms. The fraction of sp³-hybridized carbons (Fsp3) is 0.243. The Morgan fingerprint density at radius 2 is 1.78 bits per heavy atom. The number of hydrogen-bond acceptors (Lipinski definition) is 7. The van der Waals surface area contributed by atoms with Crippen LogP contribution in [0.5, 0.6) is 17.2 Å². The number of nitrogens with zero attached hydrogens (tertiary/aromatic N) is 4. The Balaban J connectivity index is 1.42. The summed E-state index contributed by atoms with van der Waals surface area (Å²) in [5.41, 5.74) is 6.63. The van der Waals surface area contributed by atoms with Crippen molar-refractivity contribution in [3.63, 3.8) is 0 Å². The fourth-order valence-corrected chi connectivity index (χ4v) is 6.05. The average Bonchev–Trinajstić information content (AvgIpc) is 3.66. The predicted octanol–water partition coefficient (Wildman–Crippen LogP) is 6.02. The van der Waals surface area contributed by atoms with Crippen LogP contribution in [0.1, 0.15) is 36.1 Å². The van der Waals surface area contributed by atoms with Crippen LogP contribution < -0.4 is 14.2 Å². The number of fused-ring (bicyclic) bond motifs is 1. The molecule has 9 nitrogen and oxygen atoms in total. The number of amides is 2. The molecule has 2 aliphatic heterocycles. The zero-order valence-electron chi connectivity index (χ0n) is 26.5. The van der Waals surface area contributed by atoms with Gasteiger partial charge >= 0.3 is 0 Å². The molecule has 3 aromatic carbocycles. The van der Waals surface area contributed by atoms with Gasteiger partial charge in [-0.1, -0.05) is 24.3 Å². The van der Waals surface area contributed by atoms with E-state index in [1.54, 1.807) is 38.0 Å². The summed E-state index contributed by atoms with van der Waals surface area (Å²) in [7, 11) is 3.11. The molecule has 4 aromatic rings. The zero-order chi connectivity index (χ0) is 32.5. The highest BCUT2D eigenvalue weighted by Gasteiger charge is 2.35. The summed E-state index contributed by atoms with van der Waals surface area (Å²) in [5.74, 6) is 0.969. The van der Waals surface area contributed by atoms with Crippen molar-refractivity contribution in [3.8, 4) is 40.3 Å². The number of rotatable bonds is 8. The number of aryl methyl sites for hydroxylation is 1. The molecular weight excluding hydrogens is 580 g/mol. The highest BCUT2D eigenvalue weighted by atomic mass is 16.5. The van der Waals surface area contributed by atoms with Gasteiger partial charge in [0.2, 0.25) is 0 Å². The maximum atomic E-state index is 14.0. The molecule has 0 radical (unpaired) electrons. The lowest BCUT2D eigenvalue weighted by Gasteiger charge is -2.27. The van der Waals surface area contributed by atoms with E-state index in [1.165, 1.54) is 0 Å². The highest BCUT2D eigenvalue weighted by Crippen LogP contribution is 2.38. The number of hydrogen-bond donors (Lipinski definition) is 0. The van der Waals surface area contributed by atoms with Gasteiger partial charge in [-0.2, -0.15) is 10.4 Å². The molecule has 1 unspecified atom stereocenters. The van der Waals surface area contributed by atoms with Crippen LogP contribution in [-0.2, 0) is 22.4 Å².